The first kappa shape index (κ1) is 12.0. The normalized spacial score (nSPS) is 56.6. The molecule has 17 heavy (non-hydrogen) atoms. The van der Waals surface area contributed by atoms with Gasteiger partial charge in [0.05, 0.1) is 11.7 Å². The second-order valence-corrected chi connectivity index (χ2v) is 7.93. The fraction of sp³-hybridized carbons (Fsp3) is 1.00. The van der Waals surface area contributed by atoms with Crippen molar-refractivity contribution in [1.82, 2.24) is 0 Å². The number of aliphatic hydroxyl groups is 2. The van der Waals surface area contributed by atoms with E-state index in [2.05, 4.69) is 20.8 Å². The van der Waals surface area contributed by atoms with Gasteiger partial charge in [-0.15, -0.1) is 0 Å². The minimum Gasteiger partial charge on any atom is -0.393 e. The van der Waals surface area contributed by atoms with Crippen molar-refractivity contribution in [1.29, 1.82) is 0 Å². The van der Waals surface area contributed by atoms with Crippen molar-refractivity contribution in [3.8, 4) is 0 Å². The lowest BCUT2D eigenvalue weighted by Gasteiger charge is -2.58. The summed E-state index contributed by atoms with van der Waals surface area (Å²) in [7, 11) is 0. The zero-order valence-electron chi connectivity index (χ0n) is 11.4. The zero-order valence-corrected chi connectivity index (χ0v) is 11.4. The van der Waals surface area contributed by atoms with E-state index in [9.17, 15) is 10.2 Å². The van der Waals surface area contributed by atoms with Crippen LogP contribution in [0.4, 0.5) is 0 Å². The van der Waals surface area contributed by atoms with E-state index >= 15 is 0 Å². The lowest BCUT2D eigenvalue weighted by molar-refractivity contribution is -0.176. The molecule has 0 unspecified atom stereocenters. The van der Waals surface area contributed by atoms with Crippen molar-refractivity contribution in [3.05, 3.63) is 0 Å². The molecule has 98 valence electrons. The Morgan fingerprint density at radius 1 is 1.00 bits per heavy atom. The molecule has 0 amide bonds. The molecule has 0 saturated heterocycles. The minimum absolute atomic E-state index is 0.0413. The van der Waals surface area contributed by atoms with Gasteiger partial charge < -0.3 is 10.2 Å². The Kier molecular flexibility index (Phi) is 2.30. The predicted octanol–water partition coefficient (Wildman–Crippen LogP) is 2.72. The van der Waals surface area contributed by atoms with Crippen LogP contribution in [0, 0.1) is 22.7 Å². The average molecular weight is 238 g/mol. The fourth-order valence-corrected chi connectivity index (χ4v) is 5.10. The summed E-state index contributed by atoms with van der Waals surface area (Å²) in [4.78, 5) is 0. The van der Waals surface area contributed by atoms with Crippen LogP contribution in [0.1, 0.15) is 59.3 Å². The first-order valence-corrected chi connectivity index (χ1v) is 7.17. The third kappa shape index (κ3) is 1.53. The Balaban J connectivity index is 1.93. The van der Waals surface area contributed by atoms with E-state index in [1.54, 1.807) is 0 Å². The second kappa shape index (κ2) is 3.27. The van der Waals surface area contributed by atoms with E-state index in [1.165, 1.54) is 12.8 Å². The third-order valence-electron chi connectivity index (χ3n) is 6.32. The Morgan fingerprint density at radius 2 is 1.71 bits per heavy atom. The first-order valence-electron chi connectivity index (χ1n) is 7.17. The zero-order chi connectivity index (χ0) is 12.5. The van der Waals surface area contributed by atoms with Crippen LogP contribution in [0.15, 0.2) is 0 Å². The third-order valence-corrected chi connectivity index (χ3v) is 6.32. The first-order chi connectivity index (χ1) is 7.77. The quantitative estimate of drug-likeness (QED) is 0.681. The molecule has 3 fully saturated rings. The van der Waals surface area contributed by atoms with Crippen LogP contribution in [0.25, 0.3) is 0 Å². The number of fused-ring (bicyclic) bond motifs is 4. The predicted molar refractivity (Wildman–Crippen MR) is 67.5 cm³/mol. The van der Waals surface area contributed by atoms with E-state index < -0.39 is 5.60 Å². The summed E-state index contributed by atoms with van der Waals surface area (Å²) in [6.07, 6.45) is 5.65. The van der Waals surface area contributed by atoms with Gasteiger partial charge in [0.25, 0.3) is 0 Å². The van der Waals surface area contributed by atoms with E-state index in [-0.39, 0.29) is 11.5 Å². The van der Waals surface area contributed by atoms with Crippen molar-refractivity contribution >= 4 is 0 Å². The largest absolute Gasteiger partial charge is 0.393 e. The molecule has 0 heterocycles. The second-order valence-electron chi connectivity index (χ2n) is 7.93. The minimum atomic E-state index is -0.481. The van der Waals surface area contributed by atoms with E-state index in [4.69, 9.17) is 0 Å². The molecule has 0 spiro atoms. The highest BCUT2D eigenvalue weighted by atomic mass is 16.3. The molecule has 3 rings (SSSR count). The maximum absolute atomic E-state index is 11.0. The maximum atomic E-state index is 11.0. The molecular formula is C15H26O2. The summed E-state index contributed by atoms with van der Waals surface area (Å²) < 4.78 is 0. The van der Waals surface area contributed by atoms with E-state index in [0.29, 0.717) is 17.3 Å². The number of hydrogen-bond acceptors (Lipinski definition) is 2. The molecule has 0 radical (unpaired) electrons. The molecule has 0 aromatic carbocycles. The molecule has 2 nitrogen and oxygen atoms in total. The van der Waals surface area contributed by atoms with Crippen LogP contribution in [0.5, 0.6) is 0 Å². The van der Waals surface area contributed by atoms with Crippen molar-refractivity contribution in [2.75, 3.05) is 0 Å². The van der Waals surface area contributed by atoms with Crippen LogP contribution >= 0.6 is 0 Å². The highest BCUT2D eigenvalue weighted by molar-refractivity contribution is 5.12. The van der Waals surface area contributed by atoms with Gasteiger partial charge in [-0.1, -0.05) is 20.8 Å². The van der Waals surface area contributed by atoms with Crippen molar-refractivity contribution in [3.63, 3.8) is 0 Å². The van der Waals surface area contributed by atoms with Crippen LogP contribution in [0.3, 0.4) is 0 Å². The molecule has 0 aromatic heterocycles. The lowest BCUT2D eigenvalue weighted by atomic mass is 9.49. The number of rotatable bonds is 0. The Morgan fingerprint density at radius 3 is 2.35 bits per heavy atom. The molecule has 2 heteroatoms. The summed E-state index contributed by atoms with van der Waals surface area (Å²) >= 11 is 0. The molecule has 5 atom stereocenters. The number of hydrogen-bond donors (Lipinski definition) is 2. The Labute approximate surface area is 104 Å². The van der Waals surface area contributed by atoms with Gasteiger partial charge in [-0.05, 0) is 61.2 Å². The molecule has 0 aromatic rings. The van der Waals surface area contributed by atoms with E-state index in [1.807, 2.05) is 0 Å². The molecular weight excluding hydrogens is 212 g/mol. The fourth-order valence-electron chi connectivity index (χ4n) is 5.10. The van der Waals surface area contributed by atoms with Crippen molar-refractivity contribution in [2.24, 2.45) is 22.7 Å². The molecule has 0 aliphatic heterocycles. The van der Waals surface area contributed by atoms with Crippen LogP contribution in [0.2, 0.25) is 0 Å². The topological polar surface area (TPSA) is 40.5 Å². The SMILES string of the molecule is CC1(C)C[C@@H]2[C@H]1CC[C@@]1(C)C[C@]2(O)CC[C@H]1O. The standard InChI is InChI=1S/C15H26O2/c1-13(2)8-11-10(13)4-6-14(3)9-15(11,17)7-5-12(14)16/h10-12,16-17H,4-9H2,1-3H3/t10-,11-,12-,14+,15-/m1/s1. The highest BCUT2D eigenvalue weighted by Crippen LogP contribution is 2.64. The van der Waals surface area contributed by atoms with Crippen LogP contribution < -0.4 is 0 Å². The van der Waals surface area contributed by atoms with Crippen molar-refractivity contribution < 1.29 is 10.2 Å². The highest BCUT2D eigenvalue weighted by Gasteiger charge is 2.61. The van der Waals surface area contributed by atoms with Crippen molar-refractivity contribution in [2.45, 2.75) is 71.0 Å². The summed E-state index contributed by atoms with van der Waals surface area (Å²) in [6.45, 7) is 6.86. The summed E-state index contributed by atoms with van der Waals surface area (Å²) in [6, 6.07) is 0. The van der Waals surface area contributed by atoms with Gasteiger partial charge in [-0.2, -0.15) is 0 Å². The van der Waals surface area contributed by atoms with Gasteiger partial charge in [-0.25, -0.2) is 0 Å². The lowest BCUT2D eigenvalue weighted by Crippen LogP contribution is -2.57. The average Bonchev–Trinajstić information content (AvgIpc) is 2.28. The van der Waals surface area contributed by atoms with E-state index in [0.717, 1.165) is 25.7 Å². The summed E-state index contributed by atoms with van der Waals surface area (Å²) in [5.74, 6) is 1.16. The van der Waals surface area contributed by atoms with Gasteiger partial charge in [0.15, 0.2) is 0 Å². The van der Waals surface area contributed by atoms with Crippen LogP contribution in [-0.4, -0.2) is 21.9 Å². The van der Waals surface area contributed by atoms with Gasteiger partial charge >= 0.3 is 0 Å². The van der Waals surface area contributed by atoms with Crippen LogP contribution in [-0.2, 0) is 0 Å². The smallest absolute Gasteiger partial charge is 0.0686 e. The molecule has 3 aliphatic carbocycles. The molecule has 2 bridgehead atoms. The van der Waals surface area contributed by atoms with Gasteiger partial charge in [0.2, 0.25) is 0 Å². The molecule has 2 N–H and O–H groups in total. The molecule has 3 aliphatic rings. The summed E-state index contributed by atoms with van der Waals surface area (Å²) in [5.41, 5.74) is -0.121. The summed E-state index contributed by atoms with van der Waals surface area (Å²) in [5, 5.41) is 21.2. The Bertz CT molecular complexity index is 338. The maximum Gasteiger partial charge on any atom is 0.0686 e. The van der Waals surface area contributed by atoms with Gasteiger partial charge in [0, 0.05) is 0 Å². The molecule has 3 saturated carbocycles. The number of aliphatic hydroxyl groups excluding tert-OH is 1. The Hall–Kier alpha value is -0.0800. The van der Waals surface area contributed by atoms with Gasteiger partial charge in [0.1, 0.15) is 0 Å². The van der Waals surface area contributed by atoms with Gasteiger partial charge in [-0.3, -0.25) is 0 Å². The monoisotopic (exact) mass is 238 g/mol.